The average Bonchev–Trinajstić information content (AvgIpc) is 2.61. The van der Waals surface area contributed by atoms with E-state index in [1.807, 2.05) is 0 Å². The van der Waals surface area contributed by atoms with Crippen molar-refractivity contribution in [3.63, 3.8) is 0 Å². The molecule has 1 aromatic rings. The number of rotatable bonds is 7. The Kier molecular flexibility index (Phi) is 6.96. The minimum Gasteiger partial charge on any atom is -0.491 e. The molecule has 1 aromatic carbocycles. The molecule has 0 aromatic heterocycles. The second-order valence-electron chi connectivity index (χ2n) is 5.70. The van der Waals surface area contributed by atoms with Crippen LogP contribution in [-0.4, -0.2) is 78.0 Å². The van der Waals surface area contributed by atoms with Crippen molar-refractivity contribution in [2.24, 2.45) is 0 Å². The monoisotopic (exact) mass is 353 g/mol. The molecule has 1 fully saturated rings. The average molecular weight is 353 g/mol. The lowest BCUT2D eigenvalue weighted by Crippen LogP contribution is -2.51. The molecule has 25 heavy (non-hydrogen) atoms. The molecule has 0 bridgehead atoms. The van der Waals surface area contributed by atoms with Crippen molar-refractivity contribution in [3.05, 3.63) is 34.4 Å². The highest BCUT2D eigenvalue weighted by atomic mass is 16.6. The molecule has 1 atom stereocenters. The molecule has 1 unspecified atom stereocenters. The van der Waals surface area contributed by atoms with Crippen molar-refractivity contribution >= 4 is 11.8 Å². The van der Waals surface area contributed by atoms with Crippen LogP contribution in [0, 0.1) is 10.1 Å². The summed E-state index contributed by atoms with van der Waals surface area (Å²) in [5, 5.41) is 20.7. The van der Waals surface area contributed by atoms with Gasteiger partial charge in [0.05, 0.1) is 11.5 Å². The highest BCUT2D eigenvalue weighted by Crippen LogP contribution is 2.17. The lowest BCUT2D eigenvalue weighted by molar-refractivity contribution is -0.384. The number of hydrogen-bond donors (Lipinski definition) is 1. The fourth-order valence-electron chi connectivity index (χ4n) is 2.54. The van der Waals surface area contributed by atoms with Gasteiger partial charge in [0.15, 0.2) is 0 Å². The summed E-state index contributed by atoms with van der Waals surface area (Å²) in [4.78, 5) is 25.4. The molecule has 1 aliphatic heterocycles. The third kappa shape index (κ3) is 5.87. The molecule has 9 nitrogen and oxygen atoms in total. The SMILES string of the molecule is CCOC(=O)N1CCN(CC(O)COc2ccc([N+](=O)[O-])cc2)CC1. The van der Waals surface area contributed by atoms with Gasteiger partial charge in [0.25, 0.3) is 5.69 Å². The normalized spacial score (nSPS) is 16.3. The highest BCUT2D eigenvalue weighted by molar-refractivity contribution is 5.67. The Balaban J connectivity index is 1.69. The molecule has 0 radical (unpaired) electrons. The van der Waals surface area contributed by atoms with Crippen LogP contribution in [0.5, 0.6) is 5.75 Å². The smallest absolute Gasteiger partial charge is 0.409 e. The van der Waals surface area contributed by atoms with Crippen molar-refractivity contribution in [2.75, 3.05) is 45.9 Å². The van der Waals surface area contributed by atoms with Gasteiger partial charge in [-0.15, -0.1) is 0 Å². The summed E-state index contributed by atoms with van der Waals surface area (Å²) in [5.74, 6) is 0.469. The van der Waals surface area contributed by atoms with E-state index in [2.05, 4.69) is 4.90 Å². The van der Waals surface area contributed by atoms with Crippen molar-refractivity contribution in [1.29, 1.82) is 0 Å². The molecule has 2 rings (SSSR count). The van der Waals surface area contributed by atoms with Crippen molar-refractivity contribution < 1.29 is 24.3 Å². The van der Waals surface area contributed by atoms with Gasteiger partial charge in [0.1, 0.15) is 18.5 Å². The van der Waals surface area contributed by atoms with Crippen LogP contribution in [-0.2, 0) is 4.74 Å². The fraction of sp³-hybridized carbons (Fsp3) is 0.562. The third-order valence-electron chi connectivity index (χ3n) is 3.86. The zero-order valence-corrected chi connectivity index (χ0v) is 14.2. The molecule has 1 amide bonds. The summed E-state index contributed by atoms with van der Waals surface area (Å²) in [6.45, 7) is 5.11. The third-order valence-corrected chi connectivity index (χ3v) is 3.86. The number of aliphatic hydroxyl groups is 1. The first-order valence-corrected chi connectivity index (χ1v) is 8.19. The Labute approximate surface area is 145 Å². The number of ether oxygens (including phenoxy) is 2. The summed E-state index contributed by atoms with van der Waals surface area (Å²) in [6.07, 6.45) is -0.992. The van der Waals surface area contributed by atoms with E-state index in [1.165, 1.54) is 24.3 Å². The molecule has 1 heterocycles. The Bertz CT molecular complexity index is 572. The number of piperazine rings is 1. The first-order valence-electron chi connectivity index (χ1n) is 8.19. The topological polar surface area (TPSA) is 105 Å². The van der Waals surface area contributed by atoms with Crippen LogP contribution in [0.3, 0.4) is 0 Å². The van der Waals surface area contributed by atoms with E-state index in [0.29, 0.717) is 45.1 Å². The van der Waals surface area contributed by atoms with Gasteiger partial charge >= 0.3 is 6.09 Å². The number of nitrogens with zero attached hydrogens (tertiary/aromatic N) is 3. The maximum atomic E-state index is 11.6. The Morgan fingerprint density at radius 1 is 1.28 bits per heavy atom. The zero-order chi connectivity index (χ0) is 18.2. The molecule has 0 spiro atoms. The van der Waals surface area contributed by atoms with Crippen molar-refractivity contribution in [1.82, 2.24) is 9.80 Å². The van der Waals surface area contributed by atoms with Crippen LogP contribution in [0.15, 0.2) is 24.3 Å². The number of nitro benzene ring substituents is 1. The van der Waals surface area contributed by atoms with Gasteiger partial charge in [-0.25, -0.2) is 4.79 Å². The van der Waals surface area contributed by atoms with Gasteiger partial charge in [-0.1, -0.05) is 0 Å². The minimum atomic E-state index is -0.690. The van der Waals surface area contributed by atoms with E-state index >= 15 is 0 Å². The second kappa shape index (κ2) is 9.19. The predicted octanol–water partition coefficient (Wildman–Crippen LogP) is 1.11. The van der Waals surface area contributed by atoms with E-state index in [0.717, 1.165) is 0 Å². The lowest BCUT2D eigenvalue weighted by Gasteiger charge is -2.34. The summed E-state index contributed by atoms with van der Waals surface area (Å²) >= 11 is 0. The summed E-state index contributed by atoms with van der Waals surface area (Å²) in [6, 6.07) is 5.72. The van der Waals surface area contributed by atoms with E-state index < -0.39 is 11.0 Å². The van der Waals surface area contributed by atoms with Gasteiger partial charge in [0, 0.05) is 44.9 Å². The summed E-state index contributed by atoms with van der Waals surface area (Å²) in [5.41, 5.74) is -0.00707. The molecule has 9 heteroatoms. The Hall–Kier alpha value is -2.39. The van der Waals surface area contributed by atoms with Crippen LogP contribution in [0.25, 0.3) is 0 Å². The number of carbonyl (C=O) groups excluding carboxylic acids is 1. The number of carbonyl (C=O) groups is 1. The first kappa shape index (κ1) is 18.9. The van der Waals surface area contributed by atoms with Gasteiger partial charge in [-0.2, -0.15) is 0 Å². The molecule has 0 aliphatic carbocycles. The lowest BCUT2D eigenvalue weighted by atomic mass is 10.2. The van der Waals surface area contributed by atoms with Gasteiger partial charge < -0.3 is 19.5 Å². The van der Waals surface area contributed by atoms with E-state index in [9.17, 15) is 20.0 Å². The van der Waals surface area contributed by atoms with E-state index in [-0.39, 0.29) is 18.4 Å². The van der Waals surface area contributed by atoms with Crippen molar-refractivity contribution in [3.8, 4) is 5.75 Å². The summed E-state index contributed by atoms with van der Waals surface area (Å²) in [7, 11) is 0. The largest absolute Gasteiger partial charge is 0.491 e. The standard InChI is InChI=1S/C16H23N3O6/c1-2-24-16(21)18-9-7-17(8-10-18)11-14(20)12-25-15-5-3-13(4-6-15)19(22)23/h3-6,14,20H,2,7-12H2,1H3. The van der Waals surface area contributed by atoms with Crippen LogP contribution in [0.2, 0.25) is 0 Å². The van der Waals surface area contributed by atoms with Crippen LogP contribution in [0.1, 0.15) is 6.92 Å². The quantitative estimate of drug-likeness (QED) is 0.578. The first-order chi connectivity index (χ1) is 12.0. The Morgan fingerprint density at radius 2 is 1.92 bits per heavy atom. The molecule has 1 aliphatic rings. The fourth-order valence-corrected chi connectivity index (χ4v) is 2.54. The molecule has 1 N–H and O–H groups in total. The number of hydrogen-bond acceptors (Lipinski definition) is 7. The molecular weight excluding hydrogens is 330 g/mol. The van der Waals surface area contributed by atoms with Gasteiger partial charge in [-0.05, 0) is 19.1 Å². The zero-order valence-electron chi connectivity index (χ0n) is 14.2. The number of amides is 1. The number of nitro groups is 1. The summed E-state index contributed by atoms with van der Waals surface area (Å²) < 4.78 is 10.4. The number of non-ortho nitro benzene ring substituents is 1. The highest BCUT2D eigenvalue weighted by Gasteiger charge is 2.23. The number of benzene rings is 1. The van der Waals surface area contributed by atoms with Crippen LogP contribution in [0.4, 0.5) is 10.5 Å². The molecular formula is C16H23N3O6. The predicted molar refractivity (Wildman–Crippen MR) is 89.6 cm³/mol. The maximum Gasteiger partial charge on any atom is 0.409 e. The van der Waals surface area contributed by atoms with E-state index in [4.69, 9.17) is 9.47 Å². The molecule has 1 saturated heterocycles. The molecule has 0 saturated carbocycles. The minimum absolute atomic E-state index is 0.00707. The van der Waals surface area contributed by atoms with Gasteiger partial charge in [-0.3, -0.25) is 15.0 Å². The maximum absolute atomic E-state index is 11.6. The van der Waals surface area contributed by atoms with Crippen LogP contribution >= 0.6 is 0 Å². The number of aliphatic hydroxyl groups excluding tert-OH is 1. The Morgan fingerprint density at radius 3 is 2.48 bits per heavy atom. The number of β-amino-alcohol motifs (C(OH)–C–C–N with tert-alkyl or cyclic N) is 1. The van der Waals surface area contributed by atoms with Gasteiger partial charge in [0.2, 0.25) is 0 Å². The van der Waals surface area contributed by atoms with Crippen molar-refractivity contribution in [2.45, 2.75) is 13.0 Å². The molecule has 138 valence electrons. The van der Waals surface area contributed by atoms with Crippen LogP contribution < -0.4 is 4.74 Å². The van der Waals surface area contributed by atoms with E-state index in [1.54, 1.807) is 11.8 Å². The second-order valence-corrected chi connectivity index (χ2v) is 5.70.